The number of rotatable bonds is 3. The van der Waals surface area contributed by atoms with Crippen LogP contribution < -0.4 is 10.5 Å². The largest absolute Gasteiger partial charge is 0.491 e. The van der Waals surface area contributed by atoms with Crippen LogP contribution in [0.15, 0.2) is 42.9 Å². The average Bonchev–Trinajstić information content (AvgIpc) is 3.16. The first-order chi connectivity index (χ1) is 16.4. The molecule has 7 rings (SSSR count). The van der Waals surface area contributed by atoms with Gasteiger partial charge in [-0.05, 0) is 48.3 Å². The van der Waals surface area contributed by atoms with E-state index in [1.54, 1.807) is 28.9 Å². The van der Waals surface area contributed by atoms with Gasteiger partial charge in [0.2, 0.25) is 0 Å². The summed E-state index contributed by atoms with van der Waals surface area (Å²) in [5, 5.41) is 0. The van der Waals surface area contributed by atoms with Gasteiger partial charge in [0.05, 0.1) is 35.2 Å². The van der Waals surface area contributed by atoms with Gasteiger partial charge in [-0.25, -0.2) is 14.4 Å². The number of halogens is 1. The van der Waals surface area contributed by atoms with Gasteiger partial charge in [0, 0.05) is 18.7 Å². The van der Waals surface area contributed by atoms with Crippen molar-refractivity contribution in [3.05, 3.63) is 65.4 Å². The SMILES string of the molecule is CN(C(=O)c1cc2c(cc1F)nc(N)c1cncn12)C1COc2cc(C3CC34CCC4)ccc21. The van der Waals surface area contributed by atoms with E-state index in [-0.39, 0.29) is 17.4 Å². The Labute approximate surface area is 195 Å². The van der Waals surface area contributed by atoms with Crippen LogP contribution in [0.1, 0.15) is 59.1 Å². The van der Waals surface area contributed by atoms with Gasteiger partial charge < -0.3 is 15.4 Å². The van der Waals surface area contributed by atoms with E-state index in [1.165, 1.54) is 43.4 Å². The molecular weight excluding hydrogens is 433 g/mol. The highest BCUT2D eigenvalue weighted by Crippen LogP contribution is 2.70. The van der Waals surface area contributed by atoms with Crippen LogP contribution in [0.4, 0.5) is 10.2 Å². The number of anilines is 1. The van der Waals surface area contributed by atoms with Crippen LogP contribution in [0.2, 0.25) is 0 Å². The lowest BCUT2D eigenvalue weighted by Crippen LogP contribution is -2.32. The second-order valence-electron chi connectivity index (χ2n) is 9.98. The predicted octanol–water partition coefficient (Wildman–Crippen LogP) is 4.47. The lowest BCUT2D eigenvalue weighted by atomic mass is 9.78. The van der Waals surface area contributed by atoms with Crippen molar-refractivity contribution in [2.24, 2.45) is 5.41 Å². The quantitative estimate of drug-likeness (QED) is 0.491. The highest BCUT2D eigenvalue weighted by Gasteiger charge is 2.58. The van der Waals surface area contributed by atoms with Crippen molar-refractivity contribution in [2.45, 2.75) is 37.6 Å². The van der Waals surface area contributed by atoms with E-state index >= 15 is 4.39 Å². The second kappa shape index (κ2) is 6.68. The molecule has 1 amide bonds. The molecule has 0 bridgehead atoms. The average molecular weight is 458 g/mol. The minimum atomic E-state index is -0.635. The van der Waals surface area contributed by atoms with Crippen LogP contribution in [-0.2, 0) is 0 Å². The molecule has 1 spiro atoms. The molecule has 34 heavy (non-hydrogen) atoms. The molecule has 4 aromatic rings. The van der Waals surface area contributed by atoms with Gasteiger partial charge in [-0.1, -0.05) is 18.6 Å². The monoisotopic (exact) mass is 457 g/mol. The number of fused-ring (bicyclic) bond motifs is 4. The first-order valence-electron chi connectivity index (χ1n) is 11.7. The van der Waals surface area contributed by atoms with Gasteiger partial charge in [0.25, 0.3) is 5.91 Å². The van der Waals surface area contributed by atoms with Crippen LogP contribution in [0.25, 0.3) is 16.6 Å². The summed E-state index contributed by atoms with van der Waals surface area (Å²) in [5.74, 6) is 0.690. The Kier molecular flexibility index (Phi) is 3.88. The van der Waals surface area contributed by atoms with E-state index in [0.29, 0.717) is 34.5 Å². The Balaban J connectivity index is 1.21. The summed E-state index contributed by atoms with van der Waals surface area (Å²) in [7, 11) is 1.70. The third kappa shape index (κ3) is 2.65. The number of hydrogen-bond acceptors (Lipinski definition) is 5. The summed E-state index contributed by atoms with van der Waals surface area (Å²) in [6.07, 6.45) is 8.46. The number of hydrogen-bond donors (Lipinski definition) is 1. The summed E-state index contributed by atoms with van der Waals surface area (Å²) in [6.45, 7) is 0.357. The van der Waals surface area contributed by atoms with Crippen molar-refractivity contribution in [1.29, 1.82) is 0 Å². The van der Waals surface area contributed by atoms with Crippen LogP contribution in [-0.4, -0.2) is 38.8 Å². The zero-order valence-electron chi connectivity index (χ0n) is 18.8. The molecular formula is C26H24FN5O2. The number of nitrogen functional groups attached to an aromatic ring is 1. The van der Waals surface area contributed by atoms with E-state index in [1.807, 2.05) is 0 Å². The number of carbonyl (C=O) groups excluding carboxylic acids is 1. The molecule has 2 saturated carbocycles. The van der Waals surface area contributed by atoms with Crippen molar-refractivity contribution in [2.75, 3.05) is 19.4 Å². The zero-order valence-corrected chi connectivity index (χ0v) is 18.8. The van der Waals surface area contributed by atoms with Gasteiger partial charge in [0.1, 0.15) is 29.5 Å². The van der Waals surface area contributed by atoms with E-state index in [4.69, 9.17) is 10.5 Å². The molecule has 3 aliphatic rings. The first kappa shape index (κ1) is 19.8. The number of benzene rings is 2. The van der Waals surface area contributed by atoms with E-state index in [9.17, 15) is 4.79 Å². The molecule has 7 nitrogen and oxygen atoms in total. The van der Waals surface area contributed by atoms with Gasteiger partial charge in [-0.2, -0.15) is 0 Å². The van der Waals surface area contributed by atoms with Gasteiger partial charge in [-0.3, -0.25) is 9.20 Å². The number of imidazole rings is 1. The Morgan fingerprint density at radius 1 is 1.26 bits per heavy atom. The maximum Gasteiger partial charge on any atom is 0.257 e. The summed E-state index contributed by atoms with van der Waals surface area (Å²) in [6, 6.07) is 8.91. The number of ether oxygens (including phenoxy) is 1. The summed E-state index contributed by atoms with van der Waals surface area (Å²) in [4.78, 5) is 23.4. The molecule has 2 aromatic heterocycles. The van der Waals surface area contributed by atoms with Crippen LogP contribution in [0.3, 0.4) is 0 Å². The molecule has 8 heteroatoms. The van der Waals surface area contributed by atoms with Crippen molar-refractivity contribution in [1.82, 2.24) is 19.3 Å². The number of nitrogens with zero attached hydrogens (tertiary/aromatic N) is 4. The van der Waals surface area contributed by atoms with Crippen molar-refractivity contribution in [3.63, 3.8) is 0 Å². The fourth-order valence-electron chi connectivity index (χ4n) is 5.94. The van der Waals surface area contributed by atoms with Crippen molar-refractivity contribution in [3.8, 4) is 5.75 Å². The van der Waals surface area contributed by atoms with E-state index < -0.39 is 11.7 Å². The second-order valence-corrected chi connectivity index (χ2v) is 9.98. The molecule has 0 radical (unpaired) electrons. The predicted molar refractivity (Wildman–Crippen MR) is 125 cm³/mol. The molecule has 2 fully saturated rings. The number of likely N-dealkylation sites (N-methyl/N-ethyl adjacent to an activating group) is 1. The topological polar surface area (TPSA) is 85.8 Å². The van der Waals surface area contributed by atoms with Gasteiger partial charge in [-0.15, -0.1) is 0 Å². The Bertz CT molecular complexity index is 1510. The van der Waals surface area contributed by atoms with Crippen LogP contribution in [0, 0.1) is 11.2 Å². The Morgan fingerprint density at radius 3 is 2.88 bits per heavy atom. The molecule has 2 unspecified atom stereocenters. The third-order valence-electron chi connectivity index (χ3n) is 8.22. The first-order valence-corrected chi connectivity index (χ1v) is 11.7. The van der Waals surface area contributed by atoms with E-state index in [2.05, 4.69) is 28.2 Å². The summed E-state index contributed by atoms with van der Waals surface area (Å²) >= 11 is 0. The van der Waals surface area contributed by atoms with Gasteiger partial charge in [0.15, 0.2) is 0 Å². The van der Waals surface area contributed by atoms with Crippen LogP contribution >= 0.6 is 0 Å². The highest BCUT2D eigenvalue weighted by molar-refractivity contribution is 5.98. The van der Waals surface area contributed by atoms with Gasteiger partial charge >= 0.3 is 0 Å². The molecule has 2 aliphatic carbocycles. The summed E-state index contributed by atoms with van der Waals surface area (Å²) in [5.41, 5.74) is 10.3. The minimum absolute atomic E-state index is 0.0217. The smallest absolute Gasteiger partial charge is 0.257 e. The zero-order chi connectivity index (χ0) is 23.2. The fraction of sp³-hybridized carbons (Fsp3) is 0.346. The number of nitrogens with two attached hydrogens (primary N) is 1. The Morgan fingerprint density at radius 2 is 2.12 bits per heavy atom. The normalized spacial score (nSPS) is 21.9. The maximum atomic E-state index is 15.0. The number of carbonyl (C=O) groups is 1. The number of aromatic nitrogens is 3. The molecule has 3 heterocycles. The lowest BCUT2D eigenvalue weighted by Gasteiger charge is -2.27. The third-order valence-corrected chi connectivity index (χ3v) is 8.22. The number of amides is 1. The van der Waals surface area contributed by atoms with E-state index in [0.717, 1.165) is 11.3 Å². The van der Waals surface area contributed by atoms with Crippen molar-refractivity contribution >= 4 is 28.3 Å². The highest BCUT2D eigenvalue weighted by atomic mass is 19.1. The summed E-state index contributed by atoms with van der Waals surface area (Å²) < 4.78 is 22.8. The molecule has 2 aromatic carbocycles. The molecule has 2 N–H and O–H groups in total. The minimum Gasteiger partial charge on any atom is -0.491 e. The molecule has 2 atom stereocenters. The molecule has 0 saturated heterocycles. The molecule has 1 aliphatic heterocycles. The standard InChI is InChI=1S/C26H24FN5O2/c1-31(22-12-34-23-7-14(3-4-15(22)23)17-10-26(17)5-2-6-26)25(33)16-8-20-19(9-18(16)27)30-24(28)21-11-29-13-32(20)21/h3-4,7-9,11,13,17,22H,2,5-6,10,12H2,1H3,(H2,28,30). The fourth-order valence-corrected chi connectivity index (χ4v) is 5.94. The molecule has 172 valence electrons. The maximum absolute atomic E-state index is 15.0. The van der Waals surface area contributed by atoms with Crippen molar-refractivity contribution < 1.29 is 13.9 Å². The lowest BCUT2D eigenvalue weighted by molar-refractivity contribution is 0.0704. The van der Waals surface area contributed by atoms with Crippen LogP contribution in [0.5, 0.6) is 5.75 Å². The Hall–Kier alpha value is -3.68.